The van der Waals surface area contributed by atoms with Gasteiger partial charge in [0.25, 0.3) is 10.0 Å². The molecule has 0 N–H and O–H groups in total. The topological polar surface area (TPSA) is 73.0 Å². The fourth-order valence-corrected chi connectivity index (χ4v) is 3.63. The third kappa shape index (κ3) is 2.94. The number of hydrogen-bond acceptors (Lipinski definition) is 4. The van der Waals surface area contributed by atoms with Crippen LogP contribution in [0.5, 0.6) is 0 Å². The number of aryl methyl sites for hydroxylation is 1. The average Bonchev–Trinajstić information content (AvgIpc) is 2.97. The van der Waals surface area contributed by atoms with E-state index in [0.717, 1.165) is 0 Å². The highest BCUT2D eigenvalue weighted by atomic mass is 32.2. The van der Waals surface area contributed by atoms with Crippen LogP contribution in [0.1, 0.15) is 33.7 Å². The summed E-state index contributed by atoms with van der Waals surface area (Å²) in [5.41, 5.74) is 0.534. The van der Waals surface area contributed by atoms with Gasteiger partial charge in [0, 0.05) is 31.5 Å². The maximum Gasteiger partial charge on any atom is 0.283 e. The van der Waals surface area contributed by atoms with Crippen molar-refractivity contribution in [2.75, 3.05) is 4.31 Å². The third-order valence-electron chi connectivity index (χ3n) is 3.11. The first-order valence-electron chi connectivity index (χ1n) is 6.80. The molecule has 0 aliphatic heterocycles. The molecule has 8 heteroatoms. The molecule has 0 aromatic carbocycles. The van der Waals surface area contributed by atoms with Crippen LogP contribution in [0.15, 0.2) is 29.9 Å². The van der Waals surface area contributed by atoms with Gasteiger partial charge in [0.15, 0.2) is 5.03 Å². The molecule has 2 aromatic rings. The zero-order valence-corrected chi connectivity index (χ0v) is 13.7. The fourth-order valence-electron chi connectivity index (χ4n) is 2.07. The predicted octanol–water partition coefficient (Wildman–Crippen LogP) is 1.80. The summed E-state index contributed by atoms with van der Waals surface area (Å²) in [5, 5.41) is 4.10. The van der Waals surface area contributed by atoms with Crippen molar-refractivity contribution in [3.8, 4) is 0 Å². The van der Waals surface area contributed by atoms with Crippen molar-refractivity contribution < 1.29 is 8.42 Å². The minimum absolute atomic E-state index is 0.0498. The number of rotatable bonds is 5. The van der Waals surface area contributed by atoms with Crippen LogP contribution in [-0.4, -0.2) is 33.8 Å². The zero-order chi connectivity index (χ0) is 15.8. The van der Waals surface area contributed by atoms with Gasteiger partial charge in [0.2, 0.25) is 0 Å². The summed E-state index contributed by atoms with van der Waals surface area (Å²) < 4.78 is 30.4. The van der Waals surface area contributed by atoms with Crippen LogP contribution in [0, 0.1) is 0 Å². The first kappa shape index (κ1) is 15.6. The van der Waals surface area contributed by atoms with Gasteiger partial charge in [-0.05, 0) is 27.7 Å². The van der Waals surface area contributed by atoms with Crippen molar-refractivity contribution in [1.82, 2.24) is 19.3 Å². The second-order valence-corrected chi connectivity index (χ2v) is 7.28. The van der Waals surface area contributed by atoms with Gasteiger partial charge in [-0.15, -0.1) is 0 Å². The molecule has 0 spiro atoms. The van der Waals surface area contributed by atoms with Crippen LogP contribution in [0.4, 0.5) is 5.69 Å². The Labute approximate surface area is 125 Å². The summed E-state index contributed by atoms with van der Waals surface area (Å²) in [4.78, 5) is 4.05. The first-order chi connectivity index (χ1) is 9.73. The Kier molecular flexibility index (Phi) is 4.08. The molecule has 0 saturated carbocycles. The Morgan fingerprint density at radius 1 is 1.19 bits per heavy atom. The molecule has 2 heterocycles. The van der Waals surface area contributed by atoms with E-state index in [1.165, 1.54) is 10.5 Å². The van der Waals surface area contributed by atoms with E-state index in [9.17, 15) is 8.42 Å². The molecule has 0 amide bonds. The lowest BCUT2D eigenvalue weighted by atomic mass is 10.4. The summed E-state index contributed by atoms with van der Waals surface area (Å²) in [5.74, 6) is 0. The first-order valence-corrected chi connectivity index (χ1v) is 8.24. The number of aromatic nitrogens is 4. The summed E-state index contributed by atoms with van der Waals surface area (Å²) >= 11 is 0. The summed E-state index contributed by atoms with van der Waals surface area (Å²) in [6.45, 7) is 7.59. The Balaban J connectivity index is 2.47. The molecular formula is C13H21N5O2S. The molecule has 0 radical (unpaired) electrons. The highest BCUT2D eigenvalue weighted by Crippen LogP contribution is 2.25. The molecule has 2 rings (SSSR count). The number of sulfonamides is 1. The van der Waals surface area contributed by atoms with E-state index in [0.29, 0.717) is 5.69 Å². The lowest BCUT2D eigenvalue weighted by Crippen LogP contribution is -2.37. The van der Waals surface area contributed by atoms with Gasteiger partial charge in [-0.3, -0.25) is 8.99 Å². The van der Waals surface area contributed by atoms with Crippen molar-refractivity contribution in [3.63, 3.8) is 0 Å². The minimum atomic E-state index is -3.70. The largest absolute Gasteiger partial charge is 0.334 e. The number of nitrogens with zero attached hydrogens (tertiary/aromatic N) is 5. The molecule has 0 atom stereocenters. The normalized spacial score (nSPS) is 12.3. The lowest BCUT2D eigenvalue weighted by molar-refractivity contribution is 0.579. The quantitative estimate of drug-likeness (QED) is 0.844. The van der Waals surface area contributed by atoms with Crippen LogP contribution in [0.25, 0.3) is 0 Å². The van der Waals surface area contributed by atoms with Gasteiger partial charge < -0.3 is 4.57 Å². The van der Waals surface area contributed by atoms with Crippen molar-refractivity contribution in [3.05, 3.63) is 24.9 Å². The van der Waals surface area contributed by atoms with Gasteiger partial charge >= 0.3 is 0 Å². The van der Waals surface area contributed by atoms with Crippen LogP contribution < -0.4 is 4.31 Å². The van der Waals surface area contributed by atoms with Gasteiger partial charge in [-0.2, -0.15) is 13.5 Å². The SMILES string of the molecule is CC(C)N(c1cnn(C)c1)S(=O)(=O)c1cn(C(C)C)cn1. The maximum atomic E-state index is 12.8. The number of hydrogen-bond donors (Lipinski definition) is 0. The van der Waals surface area contributed by atoms with Gasteiger partial charge in [0.1, 0.15) is 0 Å². The summed E-state index contributed by atoms with van der Waals surface area (Å²) in [6.07, 6.45) is 6.32. The summed E-state index contributed by atoms with van der Waals surface area (Å²) in [6, 6.07) is -0.0734. The Hall–Kier alpha value is -1.83. The second kappa shape index (κ2) is 5.51. The van der Waals surface area contributed by atoms with Crippen LogP contribution >= 0.6 is 0 Å². The van der Waals surface area contributed by atoms with Gasteiger partial charge in [-0.25, -0.2) is 4.98 Å². The molecule has 2 aromatic heterocycles. The van der Waals surface area contributed by atoms with E-state index in [2.05, 4.69) is 10.1 Å². The second-order valence-electron chi connectivity index (χ2n) is 5.52. The van der Waals surface area contributed by atoms with Crippen LogP contribution in [-0.2, 0) is 17.1 Å². The lowest BCUT2D eigenvalue weighted by Gasteiger charge is -2.25. The van der Waals surface area contributed by atoms with Gasteiger partial charge in [0.05, 0.1) is 18.2 Å². The minimum Gasteiger partial charge on any atom is -0.334 e. The smallest absolute Gasteiger partial charge is 0.283 e. The van der Waals surface area contributed by atoms with E-state index in [-0.39, 0.29) is 17.1 Å². The van der Waals surface area contributed by atoms with E-state index in [1.807, 2.05) is 27.7 Å². The predicted molar refractivity (Wildman–Crippen MR) is 80.6 cm³/mol. The number of imidazole rings is 1. The molecule has 0 unspecified atom stereocenters. The Bertz CT molecular complexity index is 715. The van der Waals surface area contributed by atoms with Crippen LogP contribution in [0.2, 0.25) is 0 Å². The van der Waals surface area contributed by atoms with Crippen LogP contribution in [0.3, 0.4) is 0 Å². The molecular weight excluding hydrogens is 290 g/mol. The molecule has 0 aliphatic rings. The standard InChI is InChI=1S/C13H21N5O2S/c1-10(2)17-8-13(14-9-17)21(19,20)18(11(3)4)12-6-15-16(5)7-12/h6-11H,1-5H3. The van der Waals surface area contributed by atoms with Crippen molar-refractivity contribution in [1.29, 1.82) is 0 Å². The molecule has 116 valence electrons. The van der Waals surface area contributed by atoms with Crippen molar-refractivity contribution in [2.45, 2.75) is 44.8 Å². The van der Waals surface area contributed by atoms with Crippen molar-refractivity contribution >= 4 is 15.7 Å². The van der Waals surface area contributed by atoms with E-state index >= 15 is 0 Å². The fraction of sp³-hybridized carbons (Fsp3) is 0.538. The third-order valence-corrected chi connectivity index (χ3v) is 5.00. The molecule has 0 saturated heterocycles. The molecule has 0 aliphatic carbocycles. The monoisotopic (exact) mass is 311 g/mol. The molecule has 0 fully saturated rings. The zero-order valence-electron chi connectivity index (χ0n) is 12.9. The molecule has 7 nitrogen and oxygen atoms in total. The summed E-state index contributed by atoms with van der Waals surface area (Å²) in [7, 11) is -1.95. The van der Waals surface area contributed by atoms with Crippen molar-refractivity contribution in [2.24, 2.45) is 7.05 Å². The maximum absolute atomic E-state index is 12.8. The van der Waals surface area contributed by atoms with E-state index in [1.54, 1.807) is 35.0 Å². The highest BCUT2D eigenvalue weighted by Gasteiger charge is 2.30. The Morgan fingerprint density at radius 3 is 2.29 bits per heavy atom. The molecule has 21 heavy (non-hydrogen) atoms. The number of anilines is 1. The van der Waals surface area contributed by atoms with Gasteiger partial charge in [-0.1, -0.05) is 0 Å². The van der Waals surface area contributed by atoms with E-state index in [4.69, 9.17) is 0 Å². The Morgan fingerprint density at radius 2 is 1.86 bits per heavy atom. The average molecular weight is 311 g/mol. The van der Waals surface area contributed by atoms with E-state index < -0.39 is 10.0 Å². The molecule has 0 bridgehead atoms. The highest BCUT2D eigenvalue weighted by molar-refractivity contribution is 7.92.